The van der Waals surface area contributed by atoms with E-state index in [9.17, 15) is 24.6 Å². The summed E-state index contributed by atoms with van der Waals surface area (Å²) in [6.07, 6.45) is 1.01. The first kappa shape index (κ1) is 23.6. The molecule has 172 valence electrons. The number of aryl methyl sites for hydroxylation is 3. The van der Waals surface area contributed by atoms with E-state index in [0.29, 0.717) is 5.56 Å². The molecule has 0 spiro atoms. The van der Waals surface area contributed by atoms with E-state index in [0.717, 1.165) is 27.8 Å². The Balaban J connectivity index is 2.00. The third-order valence-corrected chi connectivity index (χ3v) is 5.57. The summed E-state index contributed by atoms with van der Waals surface area (Å²) in [5.41, 5.74) is 4.61. The van der Waals surface area contributed by atoms with Crippen molar-refractivity contribution in [2.45, 2.75) is 33.2 Å². The van der Waals surface area contributed by atoms with Gasteiger partial charge in [0.1, 0.15) is 5.75 Å². The van der Waals surface area contributed by atoms with E-state index < -0.39 is 23.6 Å². The first-order valence-electron chi connectivity index (χ1n) is 10.4. The fourth-order valence-electron chi connectivity index (χ4n) is 3.86. The van der Waals surface area contributed by atoms with E-state index in [1.807, 2.05) is 57.2 Å². The number of aromatic nitrogens is 1. The zero-order chi connectivity index (χ0) is 24.3. The molecular weight excluding hydrogens is 422 g/mol. The Morgan fingerprint density at radius 3 is 2.42 bits per heavy atom. The largest absolute Gasteiger partial charge is 0.505 e. The fourth-order valence-corrected chi connectivity index (χ4v) is 3.86. The molecule has 3 aromatic rings. The topological polar surface area (TPSA) is 121 Å². The average Bonchev–Trinajstić information content (AvgIpc) is 2.75. The van der Waals surface area contributed by atoms with Crippen LogP contribution in [0.2, 0.25) is 0 Å². The molecule has 3 rings (SSSR count). The number of carboxylic acids is 1. The minimum Gasteiger partial charge on any atom is -0.505 e. The van der Waals surface area contributed by atoms with Gasteiger partial charge in [-0.15, -0.1) is 0 Å². The maximum absolute atomic E-state index is 12.7. The number of carboxylic acid groups (broad SMARTS) is 1. The summed E-state index contributed by atoms with van der Waals surface area (Å²) >= 11 is 0. The number of anilines is 1. The molecule has 0 aliphatic heterocycles. The number of hydrogen-bond donors (Lipinski definition) is 4. The Morgan fingerprint density at radius 2 is 1.76 bits per heavy atom. The molecule has 33 heavy (non-hydrogen) atoms. The molecule has 4 N–H and O–H groups in total. The molecule has 0 aliphatic carbocycles. The second-order valence-corrected chi connectivity index (χ2v) is 8.08. The Morgan fingerprint density at radius 1 is 1.06 bits per heavy atom. The van der Waals surface area contributed by atoms with Crippen molar-refractivity contribution < 1.29 is 19.8 Å². The molecule has 0 fully saturated rings. The molecule has 2 amide bonds. The highest BCUT2D eigenvalue weighted by Crippen LogP contribution is 2.33. The van der Waals surface area contributed by atoms with Gasteiger partial charge in [-0.3, -0.25) is 9.59 Å². The Kier molecular flexibility index (Phi) is 6.86. The summed E-state index contributed by atoms with van der Waals surface area (Å²) in [6.45, 7) is 5.81. The second-order valence-electron chi connectivity index (χ2n) is 8.08. The summed E-state index contributed by atoms with van der Waals surface area (Å²) in [5, 5.41) is 24.5. The Bertz CT molecular complexity index is 1280. The van der Waals surface area contributed by atoms with Gasteiger partial charge in [-0.05, 0) is 54.7 Å². The molecule has 0 saturated carbocycles. The van der Waals surface area contributed by atoms with Crippen LogP contribution in [0.5, 0.6) is 5.75 Å². The predicted octanol–water partition coefficient (Wildman–Crippen LogP) is 4.02. The first-order valence-corrected chi connectivity index (χ1v) is 10.4. The minimum atomic E-state index is -1.09. The number of carbonyl (C=O) groups is 2. The molecule has 1 atom stereocenters. The highest BCUT2D eigenvalue weighted by molar-refractivity contribution is 5.91. The number of aliphatic carboxylic acids is 1. The summed E-state index contributed by atoms with van der Waals surface area (Å²) in [5.74, 6) is -1.46. The summed E-state index contributed by atoms with van der Waals surface area (Å²) in [6, 6.07) is 11.4. The second kappa shape index (κ2) is 9.60. The van der Waals surface area contributed by atoms with Crippen molar-refractivity contribution in [2.75, 3.05) is 5.32 Å². The normalized spacial score (nSPS) is 11.6. The molecule has 2 aromatic carbocycles. The van der Waals surface area contributed by atoms with Crippen LogP contribution in [0.25, 0.3) is 11.1 Å². The maximum Gasteiger partial charge on any atom is 0.319 e. The molecule has 8 heteroatoms. The fraction of sp³-hybridized carbons (Fsp3) is 0.240. The number of amides is 2. The number of hydrogen-bond acceptors (Lipinski definition) is 4. The van der Waals surface area contributed by atoms with Crippen molar-refractivity contribution in [3.05, 3.63) is 81.3 Å². The van der Waals surface area contributed by atoms with E-state index in [1.54, 1.807) is 0 Å². The number of nitrogens with zero attached hydrogens (tertiary/aromatic N) is 1. The highest BCUT2D eigenvalue weighted by atomic mass is 16.4. The third kappa shape index (κ3) is 5.23. The molecule has 0 unspecified atom stereocenters. The standard InChI is InChI=1S/C25H27N3O5/c1-14-11-18(17-8-6-5-7-15(17)2)16(3)19(12-14)20(13-22(30)31)26-25(33)27-23-21(29)9-10-28(4)24(23)32/h5-12,20,29H,13H2,1-4H3,(H,30,31)(H2,26,27,33)/t20-/m0/s1. The lowest BCUT2D eigenvalue weighted by molar-refractivity contribution is -0.137. The van der Waals surface area contributed by atoms with Gasteiger partial charge in [-0.25, -0.2) is 4.79 Å². The zero-order valence-electron chi connectivity index (χ0n) is 19.0. The molecule has 8 nitrogen and oxygen atoms in total. The van der Waals surface area contributed by atoms with Gasteiger partial charge in [0.2, 0.25) is 0 Å². The van der Waals surface area contributed by atoms with Gasteiger partial charge in [0.15, 0.2) is 5.69 Å². The summed E-state index contributed by atoms with van der Waals surface area (Å²) in [4.78, 5) is 36.6. The summed E-state index contributed by atoms with van der Waals surface area (Å²) < 4.78 is 1.21. The lowest BCUT2D eigenvalue weighted by atomic mass is 9.88. The van der Waals surface area contributed by atoms with Crippen LogP contribution >= 0.6 is 0 Å². The van der Waals surface area contributed by atoms with Crippen molar-refractivity contribution in [3.63, 3.8) is 0 Å². The van der Waals surface area contributed by atoms with Crippen LogP contribution < -0.4 is 16.2 Å². The lowest BCUT2D eigenvalue weighted by Gasteiger charge is -2.23. The molecule has 0 saturated heterocycles. The van der Waals surface area contributed by atoms with Crippen molar-refractivity contribution in [1.29, 1.82) is 0 Å². The van der Waals surface area contributed by atoms with E-state index in [2.05, 4.69) is 10.6 Å². The summed E-state index contributed by atoms with van der Waals surface area (Å²) in [7, 11) is 1.49. The van der Waals surface area contributed by atoms with E-state index >= 15 is 0 Å². The van der Waals surface area contributed by atoms with Gasteiger partial charge in [-0.2, -0.15) is 0 Å². The van der Waals surface area contributed by atoms with Gasteiger partial charge >= 0.3 is 12.0 Å². The lowest BCUT2D eigenvalue weighted by Crippen LogP contribution is -2.36. The first-order chi connectivity index (χ1) is 15.6. The van der Waals surface area contributed by atoms with E-state index in [-0.39, 0.29) is 17.9 Å². The SMILES string of the molecule is Cc1cc(-c2ccccc2C)c(C)c([C@H](CC(=O)O)NC(=O)Nc2c(O)ccn(C)c2=O)c1. The van der Waals surface area contributed by atoms with Crippen molar-refractivity contribution >= 4 is 17.7 Å². The number of urea groups is 1. The molecule has 0 bridgehead atoms. The van der Waals surface area contributed by atoms with Crippen LogP contribution in [0.3, 0.4) is 0 Å². The quantitative estimate of drug-likeness (QED) is 0.453. The zero-order valence-corrected chi connectivity index (χ0v) is 19.0. The highest BCUT2D eigenvalue weighted by Gasteiger charge is 2.23. The molecule has 0 aliphatic rings. The molecule has 1 aromatic heterocycles. The van der Waals surface area contributed by atoms with Crippen LogP contribution in [0.1, 0.15) is 34.7 Å². The Hall–Kier alpha value is -4.07. The molecule has 0 radical (unpaired) electrons. The van der Waals surface area contributed by atoms with E-state index in [1.165, 1.54) is 23.9 Å². The van der Waals surface area contributed by atoms with Gasteiger partial charge in [0.25, 0.3) is 5.56 Å². The van der Waals surface area contributed by atoms with Gasteiger partial charge < -0.3 is 25.4 Å². The van der Waals surface area contributed by atoms with Crippen molar-refractivity contribution in [1.82, 2.24) is 9.88 Å². The maximum atomic E-state index is 12.7. The van der Waals surface area contributed by atoms with Gasteiger partial charge in [-0.1, -0.05) is 42.0 Å². The van der Waals surface area contributed by atoms with Crippen LogP contribution in [0.15, 0.2) is 53.5 Å². The van der Waals surface area contributed by atoms with Crippen molar-refractivity contribution in [3.8, 4) is 16.9 Å². The Labute approximate surface area is 191 Å². The third-order valence-electron chi connectivity index (χ3n) is 5.57. The van der Waals surface area contributed by atoms with Gasteiger partial charge in [0, 0.05) is 13.2 Å². The molecule has 1 heterocycles. The number of carbonyl (C=O) groups excluding carboxylic acids is 1. The van der Waals surface area contributed by atoms with Crippen LogP contribution in [0, 0.1) is 20.8 Å². The number of rotatable bonds is 6. The number of aromatic hydroxyl groups is 1. The smallest absolute Gasteiger partial charge is 0.319 e. The minimum absolute atomic E-state index is 0.284. The van der Waals surface area contributed by atoms with E-state index in [4.69, 9.17) is 0 Å². The monoisotopic (exact) mass is 449 g/mol. The number of benzene rings is 2. The average molecular weight is 450 g/mol. The number of nitrogens with one attached hydrogen (secondary N) is 2. The number of pyridine rings is 1. The predicted molar refractivity (Wildman–Crippen MR) is 127 cm³/mol. The van der Waals surface area contributed by atoms with Crippen molar-refractivity contribution in [2.24, 2.45) is 7.05 Å². The molecular formula is C25H27N3O5. The van der Waals surface area contributed by atoms with Crippen LogP contribution in [0.4, 0.5) is 10.5 Å². The van der Waals surface area contributed by atoms with Gasteiger partial charge in [0.05, 0.1) is 12.5 Å². The van der Waals surface area contributed by atoms with Crippen LogP contribution in [-0.4, -0.2) is 26.8 Å². The van der Waals surface area contributed by atoms with Crippen LogP contribution in [-0.2, 0) is 11.8 Å².